The summed E-state index contributed by atoms with van der Waals surface area (Å²) >= 11 is 3.28. The van der Waals surface area contributed by atoms with Crippen molar-refractivity contribution in [3.63, 3.8) is 0 Å². The Hall–Kier alpha value is -4.61. The quantitative estimate of drug-likeness (QED) is 0.140. The average molecular weight is 652 g/mol. The number of aryl methyl sites for hydroxylation is 3. The van der Waals surface area contributed by atoms with E-state index in [1.807, 2.05) is 41.0 Å². The molecule has 3 aromatic carbocycles. The Balaban J connectivity index is 1.38. The zero-order valence-corrected chi connectivity index (χ0v) is 27.9. The van der Waals surface area contributed by atoms with Crippen LogP contribution in [0.15, 0.2) is 70.8 Å². The van der Waals surface area contributed by atoms with Gasteiger partial charge in [-0.1, -0.05) is 35.9 Å². The molecular weight excluding hydrogens is 619 g/mol. The third-order valence-corrected chi connectivity index (χ3v) is 10.3. The lowest BCUT2D eigenvalue weighted by molar-refractivity contribution is 0.354. The molecule has 0 saturated heterocycles. The van der Waals surface area contributed by atoms with Gasteiger partial charge in [-0.3, -0.25) is 4.57 Å². The molecule has 0 unspecified atom stereocenters. The molecule has 46 heavy (non-hydrogen) atoms. The van der Waals surface area contributed by atoms with Crippen LogP contribution in [-0.2, 0) is 19.3 Å². The number of hydrogen-bond acceptors (Lipinski definition) is 10. The first kappa shape index (κ1) is 30.1. The van der Waals surface area contributed by atoms with E-state index in [0.717, 1.165) is 57.1 Å². The minimum atomic E-state index is 0.539. The summed E-state index contributed by atoms with van der Waals surface area (Å²) < 4.78 is 24.5. The van der Waals surface area contributed by atoms with Crippen molar-refractivity contribution in [1.29, 1.82) is 0 Å². The van der Waals surface area contributed by atoms with Gasteiger partial charge in [0.15, 0.2) is 17.3 Å². The lowest BCUT2D eigenvalue weighted by Crippen LogP contribution is -2.04. The second-order valence-corrected chi connectivity index (χ2v) is 13.0. The molecule has 0 bridgehead atoms. The Bertz CT molecular complexity index is 2060. The molecule has 1 aliphatic carbocycles. The van der Waals surface area contributed by atoms with Crippen LogP contribution >= 0.6 is 23.1 Å². The monoisotopic (exact) mass is 651 g/mol. The normalized spacial score (nSPS) is 12.4. The summed E-state index contributed by atoms with van der Waals surface area (Å²) in [6, 6.07) is 19.9. The minimum Gasteiger partial charge on any atom is -0.497 e. The Morgan fingerprint density at radius 2 is 1.59 bits per heavy atom. The van der Waals surface area contributed by atoms with Crippen molar-refractivity contribution in [3.05, 3.63) is 88.1 Å². The number of hydrogen-bond donors (Lipinski definition) is 0. The van der Waals surface area contributed by atoms with Gasteiger partial charge in [0, 0.05) is 28.3 Å². The summed E-state index contributed by atoms with van der Waals surface area (Å²) in [5, 5.41) is 12.1. The first-order valence-electron chi connectivity index (χ1n) is 14.9. The highest BCUT2D eigenvalue weighted by Gasteiger charge is 2.26. The van der Waals surface area contributed by atoms with Crippen LogP contribution in [0.2, 0.25) is 0 Å². The van der Waals surface area contributed by atoms with Gasteiger partial charge in [0.25, 0.3) is 0 Å². The van der Waals surface area contributed by atoms with Crippen LogP contribution in [0, 0.1) is 6.92 Å². The van der Waals surface area contributed by atoms with Crippen molar-refractivity contribution in [1.82, 2.24) is 24.7 Å². The maximum Gasteiger partial charge on any atom is 0.202 e. The fourth-order valence-electron chi connectivity index (χ4n) is 5.83. The smallest absolute Gasteiger partial charge is 0.202 e. The standard InChI is InChI=1S/C35H33N5O4S2/c1-20-9-12-22(13-10-20)32-38-39-35(40(32)25-19-23(41-2)14-16-26(25)42-3)46-34-31-24-7-6-8-29(24)45-33(31)36-30(37-34)18-21-11-15-27(43-4)28(17-21)44-5/h9-17,19H,6-8,18H2,1-5H3. The molecule has 6 aromatic rings. The number of nitrogens with zero attached hydrogens (tertiary/aromatic N) is 5. The molecule has 3 aromatic heterocycles. The summed E-state index contributed by atoms with van der Waals surface area (Å²) in [4.78, 5) is 12.7. The van der Waals surface area contributed by atoms with Crippen molar-refractivity contribution >= 4 is 33.3 Å². The second kappa shape index (κ2) is 12.6. The number of methoxy groups -OCH3 is 4. The van der Waals surface area contributed by atoms with Gasteiger partial charge < -0.3 is 18.9 Å². The Morgan fingerprint density at radius 1 is 0.804 bits per heavy atom. The zero-order valence-electron chi connectivity index (χ0n) is 26.3. The Morgan fingerprint density at radius 3 is 2.35 bits per heavy atom. The van der Waals surface area contributed by atoms with Gasteiger partial charge in [0.2, 0.25) is 5.16 Å². The van der Waals surface area contributed by atoms with Crippen LogP contribution in [0.25, 0.3) is 27.3 Å². The molecule has 9 nitrogen and oxygen atoms in total. The van der Waals surface area contributed by atoms with Crippen LogP contribution < -0.4 is 18.9 Å². The van der Waals surface area contributed by atoms with Crippen molar-refractivity contribution in [3.8, 4) is 40.1 Å². The molecule has 234 valence electrons. The van der Waals surface area contributed by atoms with Crippen LogP contribution in [0.4, 0.5) is 0 Å². The first-order chi connectivity index (χ1) is 22.5. The maximum absolute atomic E-state index is 5.84. The van der Waals surface area contributed by atoms with E-state index >= 15 is 0 Å². The molecule has 0 N–H and O–H groups in total. The lowest BCUT2D eigenvalue weighted by atomic mass is 10.1. The van der Waals surface area contributed by atoms with E-state index in [1.165, 1.54) is 27.8 Å². The molecule has 7 rings (SSSR count). The van der Waals surface area contributed by atoms with Gasteiger partial charge in [0.1, 0.15) is 27.2 Å². The summed E-state index contributed by atoms with van der Waals surface area (Å²) in [7, 11) is 6.60. The van der Waals surface area contributed by atoms with Gasteiger partial charge in [-0.2, -0.15) is 0 Å². The van der Waals surface area contributed by atoms with E-state index in [4.69, 9.17) is 39.1 Å². The highest BCUT2D eigenvalue weighted by Crippen LogP contribution is 2.44. The molecule has 0 fully saturated rings. The molecule has 1 aliphatic rings. The molecular formula is C35H33N5O4S2. The molecule has 0 saturated carbocycles. The average Bonchev–Trinajstić information content (AvgIpc) is 3.80. The molecule has 0 atom stereocenters. The maximum atomic E-state index is 5.84. The van der Waals surface area contributed by atoms with Crippen LogP contribution in [0.3, 0.4) is 0 Å². The highest BCUT2D eigenvalue weighted by atomic mass is 32.2. The second-order valence-electron chi connectivity index (χ2n) is 11.0. The van der Waals surface area contributed by atoms with E-state index in [-0.39, 0.29) is 0 Å². The summed E-state index contributed by atoms with van der Waals surface area (Å²) in [6.07, 6.45) is 3.77. The predicted octanol–water partition coefficient (Wildman–Crippen LogP) is 7.51. The summed E-state index contributed by atoms with van der Waals surface area (Å²) in [6.45, 7) is 2.07. The van der Waals surface area contributed by atoms with Gasteiger partial charge in [0.05, 0.1) is 34.1 Å². The van der Waals surface area contributed by atoms with E-state index in [9.17, 15) is 0 Å². The number of fused-ring (bicyclic) bond motifs is 3. The summed E-state index contributed by atoms with van der Waals surface area (Å²) in [5.74, 6) is 4.16. The van der Waals surface area contributed by atoms with Gasteiger partial charge >= 0.3 is 0 Å². The number of rotatable bonds is 10. The van der Waals surface area contributed by atoms with Gasteiger partial charge in [-0.25, -0.2) is 9.97 Å². The number of benzene rings is 3. The van der Waals surface area contributed by atoms with Gasteiger partial charge in [-0.05, 0) is 73.3 Å². The van der Waals surface area contributed by atoms with Crippen molar-refractivity contribution in [2.45, 2.75) is 42.8 Å². The number of ether oxygens (including phenoxy) is 4. The number of thiophene rings is 1. The zero-order chi connectivity index (χ0) is 31.8. The third kappa shape index (κ3) is 5.54. The Labute approximate surface area is 275 Å². The lowest BCUT2D eigenvalue weighted by Gasteiger charge is -2.15. The molecule has 0 amide bonds. The fourth-order valence-corrected chi connectivity index (χ4v) is 8.18. The molecule has 3 heterocycles. The van der Waals surface area contributed by atoms with Crippen molar-refractivity contribution < 1.29 is 18.9 Å². The number of aromatic nitrogens is 5. The molecule has 0 radical (unpaired) electrons. The van der Waals surface area contributed by atoms with E-state index in [2.05, 4.69) is 31.2 Å². The largest absolute Gasteiger partial charge is 0.497 e. The van der Waals surface area contributed by atoms with Crippen molar-refractivity contribution in [2.24, 2.45) is 0 Å². The van der Waals surface area contributed by atoms with E-state index in [0.29, 0.717) is 40.4 Å². The minimum absolute atomic E-state index is 0.539. The SMILES string of the molecule is COc1ccc(OC)c(-n2c(Sc3nc(Cc4ccc(OC)c(OC)c4)nc4sc5c(c34)CCC5)nnc2-c2ccc(C)cc2)c1. The van der Waals surface area contributed by atoms with Crippen LogP contribution in [-0.4, -0.2) is 53.2 Å². The fraction of sp³-hybridized carbons (Fsp3) is 0.257. The summed E-state index contributed by atoms with van der Waals surface area (Å²) in [5.41, 5.74) is 5.26. The van der Waals surface area contributed by atoms with Crippen molar-refractivity contribution in [2.75, 3.05) is 28.4 Å². The molecule has 11 heteroatoms. The van der Waals surface area contributed by atoms with E-state index in [1.54, 1.807) is 39.8 Å². The predicted molar refractivity (Wildman–Crippen MR) is 181 cm³/mol. The van der Waals surface area contributed by atoms with E-state index < -0.39 is 0 Å². The van der Waals surface area contributed by atoms with Gasteiger partial charge in [-0.15, -0.1) is 21.5 Å². The third-order valence-electron chi connectivity index (χ3n) is 8.15. The topological polar surface area (TPSA) is 93.4 Å². The molecule has 0 spiro atoms. The van der Waals surface area contributed by atoms with Crippen LogP contribution in [0.5, 0.6) is 23.0 Å². The Kier molecular flexibility index (Phi) is 8.27. The van der Waals surface area contributed by atoms with Crippen LogP contribution in [0.1, 0.15) is 33.8 Å². The molecule has 0 aliphatic heterocycles. The highest BCUT2D eigenvalue weighted by molar-refractivity contribution is 7.99. The first-order valence-corrected chi connectivity index (χ1v) is 16.6.